The van der Waals surface area contributed by atoms with Gasteiger partial charge in [-0.15, -0.1) is 0 Å². The number of hydrogen-bond donors (Lipinski definition) is 4. The summed E-state index contributed by atoms with van der Waals surface area (Å²) in [7, 11) is 0. The third-order valence-corrected chi connectivity index (χ3v) is 2.54. The van der Waals surface area contributed by atoms with E-state index in [4.69, 9.17) is 22.9 Å². The van der Waals surface area contributed by atoms with E-state index in [1.54, 1.807) is 6.07 Å². The minimum atomic E-state index is 0. The van der Waals surface area contributed by atoms with Crippen LogP contribution in [0.25, 0.3) is 11.1 Å². The molecule has 0 atom stereocenters. The van der Waals surface area contributed by atoms with Crippen LogP contribution in [0.15, 0.2) is 36.4 Å². The fourth-order valence-electron chi connectivity index (χ4n) is 1.57. The number of nitrogen functional groups attached to an aromatic ring is 4. The molecule has 2 radical (unpaired) electrons. The Morgan fingerprint density at radius 3 is 1.82 bits per heavy atom. The average molecular weight is 423 g/mol. The van der Waals surface area contributed by atoms with Gasteiger partial charge in [0.05, 0.1) is 17.1 Å². The molecular weight excluding hydrogens is 407 g/mol. The Labute approximate surface area is 120 Å². The Hall–Kier alpha value is -1.44. The van der Waals surface area contributed by atoms with Gasteiger partial charge in [-0.3, -0.25) is 0 Å². The van der Waals surface area contributed by atoms with Crippen LogP contribution in [0.5, 0.6) is 0 Å². The zero-order valence-electron chi connectivity index (χ0n) is 9.48. The molecule has 0 heterocycles. The van der Waals surface area contributed by atoms with Crippen molar-refractivity contribution in [3.8, 4) is 11.1 Å². The first kappa shape index (κ1) is 13.6. The molecule has 0 saturated heterocycles. The SMILES string of the molecule is Nc1ccc(-c2ccc(N)c(N)c2N)cc1.[PbH2]. The van der Waals surface area contributed by atoms with Gasteiger partial charge in [0.15, 0.2) is 0 Å². The standard InChI is InChI=1S/C12H14N4.Pb.2H/c13-8-3-1-7(2-4-8)9-5-6-10(14)12(16)11(9)15;;;/h1-6H,13-16H2;;;. The average Bonchev–Trinajstić information content (AvgIpc) is 2.28. The third kappa shape index (κ3) is 2.63. The molecule has 2 aromatic carbocycles. The molecule has 88 valence electrons. The molecule has 0 fully saturated rings. The van der Waals surface area contributed by atoms with Crippen molar-refractivity contribution in [1.29, 1.82) is 0 Å². The van der Waals surface area contributed by atoms with Gasteiger partial charge in [-0.25, -0.2) is 0 Å². The van der Waals surface area contributed by atoms with E-state index >= 15 is 0 Å². The fourth-order valence-corrected chi connectivity index (χ4v) is 1.57. The molecule has 0 aromatic heterocycles. The molecule has 0 spiro atoms. The Kier molecular flexibility index (Phi) is 4.22. The van der Waals surface area contributed by atoms with Crippen molar-refractivity contribution in [3.63, 3.8) is 0 Å². The second-order valence-corrected chi connectivity index (χ2v) is 3.65. The van der Waals surface area contributed by atoms with E-state index in [0.717, 1.165) is 11.1 Å². The Balaban J connectivity index is 0.00000144. The van der Waals surface area contributed by atoms with Crippen molar-refractivity contribution in [3.05, 3.63) is 36.4 Å². The van der Waals surface area contributed by atoms with E-state index in [0.29, 0.717) is 22.7 Å². The van der Waals surface area contributed by atoms with Crippen LogP contribution in [-0.4, -0.2) is 27.3 Å². The summed E-state index contributed by atoms with van der Waals surface area (Å²) >= 11 is 0. The summed E-state index contributed by atoms with van der Waals surface area (Å²) in [6.07, 6.45) is 0. The van der Waals surface area contributed by atoms with E-state index in [-0.39, 0.29) is 27.3 Å². The number of rotatable bonds is 1. The molecule has 0 unspecified atom stereocenters. The summed E-state index contributed by atoms with van der Waals surface area (Å²) in [6, 6.07) is 11.0. The fraction of sp³-hybridized carbons (Fsp3) is 0. The molecule has 0 aliphatic carbocycles. The predicted octanol–water partition coefficient (Wildman–Crippen LogP) is 0.766. The molecule has 4 nitrogen and oxygen atoms in total. The van der Waals surface area contributed by atoms with E-state index in [2.05, 4.69) is 0 Å². The Morgan fingerprint density at radius 2 is 1.24 bits per heavy atom. The van der Waals surface area contributed by atoms with Gasteiger partial charge >= 0.3 is 27.3 Å². The Morgan fingerprint density at radius 1 is 0.647 bits per heavy atom. The molecule has 17 heavy (non-hydrogen) atoms. The second-order valence-electron chi connectivity index (χ2n) is 3.65. The maximum absolute atomic E-state index is 5.92. The van der Waals surface area contributed by atoms with E-state index in [1.165, 1.54) is 0 Å². The summed E-state index contributed by atoms with van der Waals surface area (Å²) in [5.74, 6) is 0. The van der Waals surface area contributed by atoms with Crippen LogP contribution in [0.2, 0.25) is 0 Å². The van der Waals surface area contributed by atoms with Gasteiger partial charge in [0.2, 0.25) is 0 Å². The first-order valence-electron chi connectivity index (χ1n) is 4.89. The molecule has 5 heteroatoms. The van der Waals surface area contributed by atoms with Crippen molar-refractivity contribution in [1.82, 2.24) is 0 Å². The zero-order chi connectivity index (χ0) is 11.7. The first-order valence-corrected chi connectivity index (χ1v) is 4.89. The summed E-state index contributed by atoms with van der Waals surface area (Å²) in [4.78, 5) is 0. The molecule has 2 rings (SSSR count). The van der Waals surface area contributed by atoms with Crippen LogP contribution in [0.1, 0.15) is 0 Å². The molecule has 0 saturated carbocycles. The topological polar surface area (TPSA) is 104 Å². The normalized spacial score (nSPS) is 9.65. The van der Waals surface area contributed by atoms with Crippen LogP contribution in [0.4, 0.5) is 22.7 Å². The third-order valence-electron chi connectivity index (χ3n) is 2.54. The van der Waals surface area contributed by atoms with Crippen LogP contribution < -0.4 is 22.9 Å². The number of anilines is 4. The predicted molar refractivity (Wildman–Crippen MR) is 78.1 cm³/mol. The van der Waals surface area contributed by atoms with Gasteiger partial charge in [0, 0.05) is 11.3 Å². The maximum atomic E-state index is 5.92. The molecule has 0 aliphatic rings. The van der Waals surface area contributed by atoms with Gasteiger partial charge < -0.3 is 22.9 Å². The number of nitrogens with two attached hydrogens (primary N) is 4. The molecule has 0 bridgehead atoms. The van der Waals surface area contributed by atoms with Crippen molar-refractivity contribution in [2.24, 2.45) is 0 Å². The van der Waals surface area contributed by atoms with Crippen LogP contribution in [0.3, 0.4) is 0 Å². The van der Waals surface area contributed by atoms with Gasteiger partial charge in [-0.2, -0.15) is 0 Å². The monoisotopic (exact) mass is 424 g/mol. The second kappa shape index (κ2) is 5.26. The van der Waals surface area contributed by atoms with E-state index < -0.39 is 0 Å². The summed E-state index contributed by atoms with van der Waals surface area (Å²) in [5.41, 5.74) is 27.0. The van der Waals surface area contributed by atoms with Crippen molar-refractivity contribution in [2.45, 2.75) is 0 Å². The first-order chi connectivity index (χ1) is 7.59. The quantitative estimate of drug-likeness (QED) is 0.402. The van der Waals surface area contributed by atoms with Crippen LogP contribution in [-0.2, 0) is 0 Å². The molecular formula is C12H16N4Pb. The van der Waals surface area contributed by atoms with Gasteiger partial charge in [-0.1, -0.05) is 18.2 Å². The van der Waals surface area contributed by atoms with Crippen molar-refractivity contribution < 1.29 is 0 Å². The zero-order valence-corrected chi connectivity index (χ0v) is 15.0. The van der Waals surface area contributed by atoms with Gasteiger partial charge in [-0.05, 0) is 23.8 Å². The summed E-state index contributed by atoms with van der Waals surface area (Å²) in [5, 5.41) is 0. The molecule has 0 amide bonds. The van der Waals surface area contributed by atoms with Crippen LogP contribution in [0, 0.1) is 0 Å². The van der Waals surface area contributed by atoms with Gasteiger partial charge in [0.1, 0.15) is 0 Å². The van der Waals surface area contributed by atoms with Crippen molar-refractivity contribution in [2.75, 3.05) is 22.9 Å². The summed E-state index contributed by atoms with van der Waals surface area (Å²) < 4.78 is 0. The minimum absolute atomic E-state index is 0. The number of benzene rings is 2. The van der Waals surface area contributed by atoms with Crippen molar-refractivity contribution >= 4 is 50.0 Å². The van der Waals surface area contributed by atoms with Gasteiger partial charge in [0.25, 0.3) is 0 Å². The molecule has 2 aromatic rings. The number of hydrogen-bond acceptors (Lipinski definition) is 4. The Bertz CT molecular complexity index is 523. The molecule has 0 aliphatic heterocycles. The van der Waals surface area contributed by atoms with E-state index in [9.17, 15) is 0 Å². The van der Waals surface area contributed by atoms with Crippen LogP contribution >= 0.6 is 0 Å². The van der Waals surface area contributed by atoms with E-state index in [1.807, 2.05) is 30.3 Å². The molecule has 8 N–H and O–H groups in total. The summed E-state index contributed by atoms with van der Waals surface area (Å²) in [6.45, 7) is 0.